The van der Waals surface area contributed by atoms with Gasteiger partial charge in [-0.1, -0.05) is 13.8 Å². The van der Waals surface area contributed by atoms with Crippen LogP contribution in [0.4, 0.5) is 16.2 Å². The third-order valence-electron chi connectivity index (χ3n) is 3.48. The van der Waals surface area contributed by atoms with Gasteiger partial charge in [-0.05, 0) is 24.3 Å². The Morgan fingerprint density at radius 1 is 1.35 bits per heavy atom. The smallest absolute Gasteiger partial charge is 0.411 e. The van der Waals surface area contributed by atoms with E-state index >= 15 is 0 Å². The molecule has 0 aromatic heterocycles. The molecule has 0 spiro atoms. The molecule has 0 saturated carbocycles. The van der Waals surface area contributed by atoms with Crippen molar-refractivity contribution in [2.45, 2.75) is 20.0 Å². The van der Waals surface area contributed by atoms with Gasteiger partial charge in [-0.15, -0.1) is 0 Å². The van der Waals surface area contributed by atoms with Gasteiger partial charge >= 0.3 is 6.09 Å². The van der Waals surface area contributed by atoms with Crippen LogP contribution in [0.2, 0.25) is 0 Å². The topological polar surface area (TPSA) is 82.6 Å². The predicted octanol–water partition coefficient (Wildman–Crippen LogP) is 1.96. The molecule has 1 aromatic carbocycles. The van der Waals surface area contributed by atoms with Crippen LogP contribution in [0, 0.1) is 0 Å². The number of carboxylic acid groups (broad SMARTS) is 1. The van der Waals surface area contributed by atoms with E-state index in [4.69, 9.17) is 9.47 Å². The number of hydrogen-bond acceptors (Lipinski definition) is 4. The summed E-state index contributed by atoms with van der Waals surface area (Å²) in [5.41, 5.74) is 1.32. The SMILES string of the molecule is CC.O=C(O)N(CC1CO1)c1ccc(N2CCOCC2=O)cc1. The number of carbonyl (C=O) groups is 2. The van der Waals surface area contributed by atoms with Crippen LogP contribution >= 0.6 is 0 Å². The highest BCUT2D eigenvalue weighted by atomic mass is 16.6. The summed E-state index contributed by atoms with van der Waals surface area (Å²) in [5, 5.41) is 9.25. The summed E-state index contributed by atoms with van der Waals surface area (Å²) >= 11 is 0. The zero-order valence-corrected chi connectivity index (χ0v) is 13.4. The van der Waals surface area contributed by atoms with Crippen LogP contribution < -0.4 is 9.80 Å². The summed E-state index contributed by atoms with van der Waals surface area (Å²) in [6.45, 7) is 6.03. The van der Waals surface area contributed by atoms with Crippen LogP contribution in [-0.4, -0.2) is 56.1 Å². The van der Waals surface area contributed by atoms with Gasteiger partial charge in [0.2, 0.25) is 0 Å². The monoisotopic (exact) mass is 322 g/mol. The van der Waals surface area contributed by atoms with E-state index in [2.05, 4.69) is 0 Å². The van der Waals surface area contributed by atoms with Crippen LogP contribution in [-0.2, 0) is 14.3 Å². The Bertz CT molecular complexity index is 542. The normalized spacial score (nSPS) is 19.7. The van der Waals surface area contributed by atoms with Gasteiger partial charge < -0.3 is 19.5 Å². The first kappa shape index (κ1) is 17.2. The standard InChI is InChI=1S/C14H16N2O5.C2H6/c17-13-9-20-6-5-15(13)10-1-3-11(4-2-10)16(14(18)19)7-12-8-21-12;1-2/h1-4,12H,5-9H2,(H,18,19);1-2H3. The first-order chi connectivity index (χ1) is 11.1. The van der Waals surface area contributed by atoms with E-state index in [1.807, 2.05) is 13.8 Å². The lowest BCUT2D eigenvalue weighted by molar-refractivity contribution is -0.125. The van der Waals surface area contributed by atoms with Crippen molar-refractivity contribution in [3.05, 3.63) is 24.3 Å². The third-order valence-corrected chi connectivity index (χ3v) is 3.48. The van der Waals surface area contributed by atoms with E-state index in [-0.39, 0.29) is 18.6 Å². The predicted molar refractivity (Wildman–Crippen MR) is 86.1 cm³/mol. The minimum Gasteiger partial charge on any atom is -0.465 e. The molecule has 2 heterocycles. The van der Waals surface area contributed by atoms with E-state index in [9.17, 15) is 14.7 Å². The van der Waals surface area contributed by atoms with E-state index < -0.39 is 6.09 Å². The van der Waals surface area contributed by atoms with E-state index in [0.717, 1.165) is 5.69 Å². The molecule has 1 atom stereocenters. The van der Waals surface area contributed by atoms with Crippen molar-refractivity contribution < 1.29 is 24.2 Å². The summed E-state index contributed by atoms with van der Waals surface area (Å²) in [5.74, 6) is -0.0875. The fourth-order valence-electron chi connectivity index (χ4n) is 2.27. The molecule has 3 rings (SSSR count). The minimum absolute atomic E-state index is 0.0124. The van der Waals surface area contributed by atoms with Crippen molar-refractivity contribution >= 4 is 23.4 Å². The number of nitrogens with zero attached hydrogens (tertiary/aromatic N) is 2. The second kappa shape index (κ2) is 7.94. The maximum atomic E-state index is 11.8. The molecule has 0 bridgehead atoms. The van der Waals surface area contributed by atoms with E-state index in [1.54, 1.807) is 29.2 Å². The second-order valence-electron chi connectivity index (χ2n) is 4.96. The van der Waals surface area contributed by atoms with Crippen molar-refractivity contribution in [1.29, 1.82) is 0 Å². The van der Waals surface area contributed by atoms with Crippen molar-refractivity contribution in [2.24, 2.45) is 0 Å². The number of ether oxygens (including phenoxy) is 2. The molecule has 23 heavy (non-hydrogen) atoms. The van der Waals surface area contributed by atoms with Crippen LogP contribution in [0.15, 0.2) is 24.3 Å². The van der Waals surface area contributed by atoms with Gasteiger partial charge in [-0.3, -0.25) is 9.69 Å². The quantitative estimate of drug-likeness (QED) is 0.857. The molecule has 0 radical (unpaired) electrons. The number of anilines is 2. The summed E-state index contributed by atoms with van der Waals surface area (Å²) in [6.07, 6.45) is -1.03. The number of amides is 2. The van der Waals surface area contributed by atoms with Gasteiger partial charge in [0, 0.05) is 17.9 Å². The van der Waals surface area contributed by atoms with Gasteiger partial charge in [0.1, 0.15) is 6.61 Å². The second-order valence-corrected chi connectivity index (χ2v) is 4.96. The lowest BCUT2D eigenvalue weighted by Crippen LogP contribution is -2.41. The molecule has 126 valence electrons. The maximum Gasteiger partial charge on any atom is 0.411 e. The molecule has 1 N–H and O–H groups in total. The van der Waals surface area contributed by atoms with Gasteiger partial charge in [0.15, 0.2) is 0 Å². The largest absolute Gasteiger partial charge is 0.465 e. The number of hydrogen-bond donors (Lipinski definition) is 1. The lowest BCUT2D eigenvalue weighted by Gasteiger charge is -2.27. The number of carbonyl (C=O) groups excluding carboxylic acids is 1. The number of benzene rings is 1. The lowest BCUT2D eigenvalue weighted by atomic mass is 10.2. The first-order valence-corrected chi connectivity index (χ1v) is 7.75. The highest BCUT2D eigenvalue weighted by Gasteiger charge is 2.29. The average Bonchev–Trinajstić information content (AvgIpc) is 3.39. The molecular weight excluding hydrogens is 300 g/mol. The first-order valence-electron chi connectivity index (χ1n) is 7.75. The fraction of sp³-hybridized carbons (Fsp3) is 0.500. The van der Waals surface area contributed by atoms with Gasteiger partial charge in [0.05, 0.1) is 25.9 Å². The molecule has 7 heteroatoms. The van der Waals surface area contributed by atoms with Crippen molar-refractivity contribution in [1.82, 2.24) is 0 Å². The summed E-state index contributed by atoms with van der Waals surface area (Å²) in [7, 11) is 0. The minimum atomic E-state index is -1.01. The molecular formula is C16H22N2O5. The Hall–Kier alpha value is -2.12. The molecule has 1 unspecified atom stereocenters. The zero-order valence-electron chi connectivity index (χ0n) is 13.4. The number of morpholine rings is 1. The van der Waals surface area contributed by atoms with Crippen molar-refractivity contribution in [3.8, 4) is 0 Å². The highest BCUT2D eigenvalue weighted by Crippen LogP contribution is 2.24. The zero-order chi connectivity index (χ0) is 16.8. The van der Waals surface area contributed by atoms with Gasteiger partial charge in [-0.25, -0.2) is 4.79 Å². The molecule has 2 aliphatic rings. The fourth-order valence-corrected chi connectivity index (χ4v) is 2.27. The van der Waals surface area contributed by atoms with Crippen molar-refractivity contribution in [3.63, 3.8) is 0 Å². The number of rotatable bonds is 4. The molecule has 1 aromatic rings. The molecule has 2 amide bonds. The van der Waals surface area contributed by atoms with Crippen molar-refractivity contribution in [2.75, 3.05) is 42.7 Å². The Morgan fingerprint density at radius 2 is 2.00 bits per heavy atom. The molecule has 7 nitrogen and oxygen atoms in total. The van der Waals surface area contributed by atoms with Crippen LogP contribution in [0.5, 0.6) is 0 Å². The molecule has 2 aliphatic heterocycles. The Morgan fingerprint density at radius 3 is 2.52 bits per heavy atom. The maximum absolute atomic E-state index is 11.8. The average molecular weight is 322 g/mol. The summed E-state index contributed by atoms with van der Waals surface area (Å²) < 4.78 is 10.2. The molecule has 0 aliphatic carbocycles. The molecule has 2 fully saturated rings. The molecule has 2 saturated heterocycles. The summed E-state index contributed by atoms with van der Waals surface area (Å²) in [4.78, 5) is 25.9. The summed E-state index contributed by atoms with van der Waals surface area (Å²) in [6, 6.07) is 6.91. The van der Waals surface area contributed by atoms with Crippen LogP contribution in [0.25, 0.3) is 0 Å². The Labute approximate surface area is 135 Å². The van der Waals surface area contributed by atoms with E-state index in [0.29, 0.717) is 32.0 Å². The third kappa shape index (κ3) is 4.43. The van der Waals surface area contributed by atoms with Gasteiger partial charge in [-0.2, -0.15) is 0 Å². The Kier molecular flexibility index (Phi) is 5.95. The van der Waals surface area contributed by atoms with Gasteiger partial charge in [0.25, 0.3) is 5.91 Å². The highest BCUT2D eigenvalue weighted by molar-refractivity contribution is 5.95. The Balaban J connectivity index is 0.000000924. The van der Waals surface area contributed by atoms with Crippen LogP contribution in [0.3, 0.4) is 0 Å². The van der Waals surface area contributed by atoms with Crippen LogP contribution in [0.1, 0.15) is 13.8 Å². The van der Waals surface area contributed by atoms with E-state index in [1.165, 1.54) is 4.90 Å². The number of epoxide rings is 1.